The first-order valence-corrected chi connectivity index (χ1v) is 7.41. The molecule has 0 aliphatic carbocycles. The van der Waals surface area contributed by atoms with Crippen LogP contribution in [-0.2, 0) is 4.79 Å². The van der Waals surface area contributed by atoms with Crippen molar-refractivity contribution in [3.8, 4) is 0 Å². The first-order valence-electron chi connectivity index (χ1n) is 7.41. The molecule has 4 nitrogen and oxygen atoms in total. The van der Waals surface area contributed by atoms with E-state index in [0.29, 0.717) is 12.6 Å². The van der Waals surface area contributed by atoms with Crippen molar-refractivity contribution in [2.45, 2.75) is 32.9 Å². The molecule has 0 bridgehead atoms. The van der Waals surface area contributed by atoms with Gasteiger partial charge in [-0.2, -0.15) is 0 Å². The number of carbonyl (C=O) groups excluding carboxylic acids is 1. The fourth-order valence-electron chi connectivity index (χ4n) is 2.69. The maximum atomic E-state index is 12.7. The van der Waals surface area contributed by atoms with Crippen molar-refractivity contribution >= 4 is 11.6 Å². The summed E-state index contributed by atoms with van der Waals surface area (Å²) in [5.41, 5.74) is 0.982. The zero-order valence-electron chi connectivity index (χ0n) is 12.7. The van der Waals surface area contributed by atoms with Gasteiger partial charge < -0.3 is 10.2 Å². The van der Waals surface area contributed by atoms with E-state index in [9.17, 15) is 4.79 Å². The molecule has 1 unspecified atom stereocenters. The second kappa shape index (κ2) is 6.86. The minimum absolute atomic E-state index is 0.170. The number of amides is 1. The summed E-state index contributed by atoms with van der Waals surface area (Å²) in [6.07, 6.45) is 0. The zero-order chi connectivity index (χ0) is 14.5. The number of para-hydroxylation sites is 1. The first kappa shape index (κ1) is 15.0. The predicted molar refractivity (Wildman–Crippen MR) is 83.0 cm³/mol. The molecule has 1 aromatic rings. The van der Waals surface area contributed by atoms with Gasteiger partial charge in [-0.15, -0.1) is 0 Å². The molecule has 110 valence electrons. The molecule has 0 saturated carbocycles. The highest BCUT2D eigenvalue weighted by molar-refractivity contribution is 5.95. The molecule has 1 heterocycles. The molecular weight excluding hydrogens is 250 g/mol. The van der Waals surface area contributed by atoms with Crippen molar-refractivity contribution in [2.75, 3.05) is 31.1 Å². The maximum Gasteiger partial charge on any atom is 0.241 e. The molecule has 1 amide bonds. The van der Waals surface area contributed by atoms with Gasteiger partial charge in [-0.05, 0) is 32.9 Å². The van der Waals surface area contributed by atoms with Gasteiger partial charge in [0.2, 0.25) is 5.91 Å². The number of benzene rings is 1. The van der Waals surface area contributed by atoms with E-state index < -0.39 is 0 Å². The fraction of sp³-hybridized carbons (Fsp3) is 0.562. The van der Waals surface area contributed by atoms with E-state index in [2.05, 4.69) is 31.0 Å². The molecule has 1 aliphatic heterocycles. The van der Waals surface area contributed by atoms with Crippen molar-refractivity contribution in [3.05, 3.63) is 30.3 Å². The molecule has 1 aliphatic rings. The van der Waals surface area contributed by atoms with Crippen LogP contribution in [0.4, 0.5) is 5.69 Å². The summed E-state index contributed by atoms with van der Waals surface area (Å²) >= 11 is 0. The molecule has 1 N–H and O–H groups in total. The minimum Gasteiger partial charge on any atom is -0.314 e. The largest absolute Gasteiger partial charge is 0.314 e. The Morgan fingerprint density at radius 2 is 2.10 bits per heavy atom. The van der Waals surface area contributed by atoms with Crippen LogP contribution in [0.3, 0.4) is 0 Å². The molecule has 1 aromatic carbocycles. The van der Waals surface area contributed by atoms with Crippen LogP contribution >= 0.6 is 0 Å². The first-order chi connectivity index (χ1) is 9.59. The summed E-state index contributed by atoms with van der Waals surface area (Å²) in [5.74, 6) is 0.181. The SMILES string of the molecule is CC1CNCCN1CC(=O)N(c1ccccc1)C(C)C. The summed E-state index contributed by atoms with van der Waals surface area (Å²) in [7, 11) is 0. The fourth-order valence-corrected chi connectivity index (χ4v) is 2.69. The van der Waals surface area contributed by atoms with Gasteiger partial charge in [0.1, 0.15) is 0 Å². The lowest BCUT2D eigenvalue weighted by molar-refractivity contribution is -0.120. The normalized spacial score (nSPS) is 20.1. The van der Waals surface area contributed by atoms with Crippen molar-refractivity contribution in [1.29, 1.82) is 0 Å². The molecule has 1 fully saturated rings. The maximum absolute atomic E-state index is 12.7. The van der Waals surface area contributed by atoms with Crippen molar-refractivity contribution in [2.24, 2.45) is 0 Å². The van der Waals surface area contributed by atoms with Crippen LogP contribution in [0.5, 0.6) is 0 Å². The Bertz CT molecular complexity index is 433. The molecule has 20 heavy (non-hydrogen) atoms. The summed E-state index contributed by atoms with van der Waals surface area (Å²) in [6, 6.07) is 10.5. The summed E-state index contributed by atoms with van der Waals surface area (Å²) < 4.78 is 0. The van der Waals surface area contributed by atoms with Gasteiger partial charge in [-0.25, -0.2) is 0 Å². The topological polar surface area (TPSA) is 35.6 Å². The van der Waals surface area contributed by atoms with Crippen LogP contribution < -0.4 is 10.2 Å². The molecule has 0 spiro atoms. The highest BCUT2D eigenvalue weighted by Gasteiger charge is 2.25. The number of rotatable bonds is 4. The Hall–Kier alpha value is -1.39. The average Bonchev–Trinajstić information content (AvgIpc) is 2.42. The number of anilines is 1. The number of piperazine rings is 1. The van der Waals surface area contributed by atoms with E-state index in [1.807, 2.05) is 35.2 Å². The number of nitrogens with zero attached hydrogens (tertiary/aromatic N) is 2. The zero-order valence-corrected chi connectivity index (χ0v) is 12.7. The Morgan fingerprint density at radius 1 is 1.40 bits per heavy atom. The molecular formula is C16H25N3O. The molecule has 2 rings (SSSR count). The lowest BCUT2D eigenvalue weighted by atomic mass is 10.2. The Kier molecular flexibility index (Phi) is 5.15. The van der Waals surface area contributed by atoms with Crippen LogP contribution in [0, 0.1) is 0 Å². The summed E-state index contributed by atoms with van der Waals surface area (Å²) in [5, 5.41) is 3.35. The van der Waals surface area contributed by atoms with E-state index in [4.69, 9.17) is 0 Å². The third kappa shape index (κ3) is 3.58. The van der Waals surface area contributed by atoms with Crippen LogP contribution in [0.1, 0.15) is 20.8 Å². The Labute approximate surface area is 121 Å². The Morgan fingerprint density at radius 3 is 2.70 bits per heavy atom. The molecule has 1 saturated heterocycles. The minimum atomic E-state index is 0.170. The number of nitrogens with one attached hydrogen (secondary N) is 1. The lowest BCUT2D eigenvalue weighted by Gasteiger charge is -2.36. The standard InChI is InChI=1S/C16H25N3O/c1-13(2)19(15-7-5-4-6-8-15)16(20)12-18-10-9-17-11-14(18)3/h4-8,13-14,17H,9-12H2,1-3H3. The van der Waals surface area contributed by atoms with Crippen LogP contribution in [0.15, 0.2) is 30.3 Å². The van der Waals surface area contributed by atoms with Crippen molar-refractivity contribution in [1.82, 2.24) is 10.2 Å². The summed E-state index contributed by atoms with van der Waals surface area (Å²) in [4.78, 5) is 16.8. The Balaban J connectivity index is 2.08. The van der Waals surface area contributed by atoms with E-state index in [1.54, 1.807) is 0 Å². The molecule has 1 atom stereocenters. The third-order valence-electron chi connectivity index (χ3n) is 3.80. The van der Waals surface area contributed by atoms with E-state index in [-0.39, 0.29) is 11.9 Å². The summed E-state index contributed by atoms with van der Waals surface area (Å²) in [6.45, 7) is 9.65. The highest BCUT2D eigenvalue weighted by Crippen LogP contribution is 2.17. The second-order valence-electron chi connectivity index (χ2n) is 5.72. The van der Waals surface area contributed by atoms with Gasteiger partial charge in [0.05, 0.1) is 6.54 Å². The van der Waals surface area contributed by atoms with Gasteiger partial charge in [-0.1, -0.05) is 18.2 Å². The molecule has 0 radical (unpaired) electrons. The van der Waals surface area contributed by atoms with Crippen molar-refractivity contribution < 1.29 is 4.79 Å². The van der Waals surface area contributed by atoms with Crippen LogP contribution in [0.2, 0.25) is 0 Å². The third-order valence-corrected chi connectivity index (χ3v) is 3.80. The van der Waals surface area contributed by atoms with E-state index in [0.717, 1.165) is 25.3 Å². The van der Waals surface area contributed by atoms with Crippen LogP contribution in [0.25, 0.3) is 0 Å². The van der Waals surface area contributed by atoms with E-state index >= 15 is 0 Å². The molecule has 4 heteroatoms. The predicted octanol–water partition coefficient (Wildman–Crippen LogP) is 1.72. The molecule has 0 aromatic heterocycles. The number of carbonyl (C=O) groups is 1. The van der Waals surface area contributed by atoms with Gasteiger partial charge in [0.15, 0.2) is 0 Å². The van der Waals surface area contributed by atoms with Gasteiger partial charge in [0, 0.05) is 37.4 Å². The quantitative estimate of drug-likeness (QED) is 0.909. The second-order valence-corrected chi connectivity index (χ2v) is 5.72. The lowest BCUT2D eigenvalue weighted by Crippen LogP contribution is -2.54. The van der Waals surface area contributed by atoms with Crippen molar-refractivity contribution in [3.63, 3.8) is 0 Å². The monoisotopic (exact) mass is 275 g/mol. The van der Waals surface area contributed by atoms with Crippen LogP contribution in [-0.4, -0.2) is 49.1 Å². The number of hydrogen-bond acceptors (Lipinski definition) is 3. The number of hydrogen-bond donors (Lipinski definition) is 1. The van der Waals surface area contributed by atoms with Gasteiger partial charge in [0.25, 0.3) is 0 Å². The smallest absolute Gasteiger partial charge is 0.241 e. The van der Waals surface area contributed by atoms with Gasteiger partial charge in [-0.3, -0.25) is 9.69 Å². The average molecular weight is 275 g/mol. The van der Waals surface area contributed by atoms with E-state index in [1.165, 1.54) is 0 Å². The highest BCUT2D eigenvalue weighted by atomic mass is 16.2. The van der Waals surface area contributed by atoms with Gasteiger partial charge >= 0.3 is 0 Å².